The van der Waals surface area contributed by atoms with Crippen LogP contribution in [0.25, 0.3) is 0 Å². The lowest BCUT2D eigenvalue weighted by Crippen LogP contribution is -2.20. The van der Waals surface area contributed by atoms with Crippen LogP contribution in [0.15, 0.2) is 18.2 Å². The normalized spacial score (nSPS) is 13.2. The maximum atomic E-state index is 11.2. The van der Waals surface area contributed by atoms with Crippen LogP contribution in [0.1, 0.15) is 18.4 Å². The zero-order valence-electron chi connectivity index (χ0n) is 9.73. The smallest absolute Gasteiger partial charge is 0.224 e. The van der Waals surface area contributed by atoms with Crippen molar-refractivity contribution in [2.45, 2.75) is 19.3 Å². The Morgan fingerprint density at radius 1 is 1.44 bits per heavy atom. The van der Waals surface area contributed by atoms with Crippen molar-refractivity contribution in [1.29, 1.82) is 5.26 Å². The average molecular weight is 244 g/mol. The van der Waals surface area contributed by atoms with Crippen molar-refractivity contribution in [3.05, 3.63) is 23.8 Å². The highest BCUT2D eigenvalue weighted by atomic mass is 16.5. The molecule has 5 nitrogen and oxygen atoms in total. The van der Waals surface area contributed by atoms with Crippen LogP contribution in [-0.2, 0) is 16.0 Å². The Bertz CT molecular complexity index is 532. The summed E-state index contributed by atoms with van der Waals surface area (Å²) < 4.78 is 5.40. The molecule has 1 N–H and O–H groups in total. The summed E-state index contributed by atoms with van der Waals surface area (Å²) in [5.74, 6) is 0.328. The number of carbonyl (C=O) groups excluding carboxylic acids is 2. The minimum Gasteiger partial charge on any atom is -0.485 e. The standard InChI is InChI=1S/C13H12N2O3/c14-7-6-9(16)8-18-12-3-1-2-11-10(12)4-5-13(17)15-11/h1-3H,4-6,8H2,(H,15,17). The number of nitriles is 1. The SMILES string of the molecule is N#CCC(=O)COc1cccc2c1CCC(=O)N2. The zero-order chi connectivity index (χ0) is 13.0. The number of Topliss-reactive ketones (excluding diaryl/α,β-unsaturated/α-hetero) is 1. The molecule has 1 aliphatic rings. The Hall–Kier alpha value is -2.35. The molecule has 1 amide bonds. The third kappa shape index (κ3) is 2.66. The fourth-order valence-corrected chi connectivity index (χ4v) is 1.82. The lowest BCUT2D eigenvalue weighted by Gasteiger charge is -2.19. The van der Waals surface area contributed by atoms with Crippen LogP contribution in [0.5, 0.6) is 5.75 Å². The molecule has 1 heterocycles. The van der Waals surface area contributed by atoms with E-state index < -0.39 is 0 Å². The molecule has 0 unspecified atom stereocenters. The molecule has 0 fully saturated rings. The van der Waals surface area contributed by atoms with E-state index >= 15 is 0 Å². The second-order valence-electron chi connectivity index (χ2n) is 3.99. The number of nitrogens with zero attached hydrogens (tertiary/aromatic N) is 1. The van der Waals surface area contributed by atoms with E-state index in [1.807, 2.05) is 0 Å². The Balaban J connectivity index is 2.10. The van der Waals surface area contributed by atoms with Gasteiger partial charge in [-0.05, 0) is 18.6 Å². The van der Waals surface area contributed by atoms with Gasteiger partial charge in [0.25, 0.3) is 0 Å². The van der Waals surface area contributed by atoms with Gasteiger partial charge in [-0.3, -0.25) is 9.59 Å². The zero-order valence-corrected chi connectivity index (χ0v) is 9.73. The number of carbonyl (C=O) groups is 2. The Morgan fingerprint density at radius 3 is 3.06 bits per heavy atom. The molecule has 0 spiro atoms. The molecule has 2 rings (SSSR count). The van der Waals surface area contributed by atoms with Crippen molar-refractivity contribution in [1.82, 2.24) is 0 Å². The molecule has 1 aromatic carbocycles. The largest absolute Gasteiger partial charge is 0.485 e. The molecule has 92 valence electrons. The molecule has 0 bridgehead atoms. The van der Waals surface area contributed by atoms with E-state index in [1.165, 1.54) is 0 Å². The molecule has 1 aliphatic heterocycles. The number of anilines is 1. The molecule has 0 saturated heterocycles. The van der Waals surface area contributed by atoms with Gasteiger partial charge in [0.1, 0.15) is 12.4 Å². The summed E-state index contributed by atoms with van der Waals surface area (Å²) in [4.78, 5) is 22.5. The van der Waals surface area contributed by atoms with E-state index in [4.69, 9.17) is 10.00 Å². The van der Waals surface area contributed by atoms with Crippen LogP contribution >= 0.6 is 0 Å². The van der Waals surface area contributed by atoms with Gasteiger partial charge in [0.05, 0.1) is 12.5 Å². The van der Waals surface area contributed by atoms with Crippen LogP contribution < -0.4 is 10.1 Å². The van der Waals surface area contributed by atoms with Crippen molar-refractivity contribution >= 4 is 17.4 Å². The lowest BCUT2D eigenvalue weighted by molar-refractivity contribution is -0.120. The fraction of sp³-hybridized carbons (Fsp3) is 0.308. The van der Waals surface area contributed by atoms with Gasteiger partial charge in [0.15, 0.2) is 5.78 Å². The number of benzene rings is 1. The maximum Gasteiger partial charge on any atom is 0.224 e. The van der Waals surface area contributed by atoms with Crippen LogP contribution in [0.2, 0.25) is 0 Å². The molecule has 0 atom stereocenters. The summed E-state index contributed by atoms with van der Waals surface area (Å²) in [7, 11) is 0. The summed E-state index contributed by atoms with van der Waals surface area (Å²) in [5, 5.41) is 11.1. The first kappa shape index (κ1) is 12.1. The molecule has 0 saturated carbocycles. The predicted molar refractivity (Wildman–Crippen MR) is 64.1 cm³/mol. The van der Waals surface area contributed by atoms with Crippen LogP contribution in [0, 0.1) is 11.3 Å². The Morgan fingerprint density at radius 2 is 2.28 bits per heavy atom. The summed E-state index contributed by atoms with van der Waals surface area (Å²) in [6.45, 7) is -0.113. The number of nitrogens with one attached hydrogen (secondary N) is 1. The van der Waals surface area contributed by atoms with Crippen LogP contribution in [0.3, 0.4) is 0 Å². The monoisotopic (exact) mass is 244 g/mol. The number of hydrogen-bond acceptors (Lipinski definition) is 4. The lowest BCUT2D eigenvalue weighted by atomic mass is 10.0. The molecular weight excluding hydrogens is 232 g/mol. The van der Waals surface area contributed by atoms with Gasteiger partial charge in [-0.1, -0.05) is 6.07 Å². The van der Waals surface area contributed by atoms with E-state index in [1.54, 1.807) is 24.3 Å². The maximum absolute atomic E-state index is 11.2. The summed E-state index contributed by atoms with van der Waals surface area (Å²) in [6, 6.07) is 7.11. The Kier molecular flexibility index (Phi) is 3.58. The highest BCUT2D eigenvalue weighted by Gasteiger charge is 2.18. The van der Waals surface area contributed by atoms with E-state index in [-0.39, 0.29) is 24.7 Å². The third-order valence-electron chi connectivity index (χ3n) is 2.67. The van der Waals surface area contributed by atoms with Gasteiger partial charge in [-0.2, -0.15) is 5.26 Å². The van der Waals surface area contributed by atoms with Gasteiger partial charge >= 0.3 is 0 Å². The van der Waals surface area contributed by atoms with Gasteiger partial charge in [0.2, 0.25) is 5.91 Å². The number of hydrogen-bond donors (Lipinski definition) is 1. The van der Waals surface area contributed by atoms with Gasteiger partial charge in [0, 0.05) is 17.7 Å². The molecule has 0 aromatic heterocycles. The number of amides is 1. The first-order chi connectivity index (χ1) is 8.70. The predicted octanol–water partition coefficient (Wildman–Crippen LogP) is 1.43. The number of ketones is 1. The van der Waals surface area contributed by atoms with Crippen LogP contribution in [-0.4, -0.2) is 18.3 Å². The second-order valence-corrected chi connectivity index (χ2v) is 3.99. The van der Waals surface area contributed by atoms with Gasteiger partial charge in [-0.15, -0.1) is 0 Å². The van der Waals surface area contributed by atoms with E-state index in [9.17, 15) is 9.59 Å². The van der Waals surface area contributed by atoms with E-state index in [0.717, 1.165) is 11.3 Å². The molecule has 5 heteroatoms. The van der Waals surface area contributed by atoms with Crippen molar-refractivity contribution < 1.29 is 14.3 Å². The summed E-state index contributed by atoms with van der Waals surface area (Å²) in [6.07, 6.45) is 0.870. The minimum atomic E-state index is -0.255. The van der Waals surface area contributed by atoms with Crippen molar-refractivity contribution in [3.8, 4) is 11.8 Å². The average Bonchev–Trinajstić information content (AvgIpc) is 2.36. The van der Waals surface area contributed by atoms with E-state index in [0.29, 0.717) is 18.6 Å². The van der Waals surface area contributed by atoms with E-state index in [2.05, 4.69) is 5.32 Å². The second kappa shape index (κ2) is 5.32. The fourth-order valence-electron chi connectivity index (χ4n) is 1.82. The summed E-state index contributed by atoms with van der Waals surface area (Å²) >= 11 is 0. The van der Waals surface area contributed by atoms with Crippen molar-refractivity contribution in [2.75, 3.05) is 11.9 Å². The minimum absolute atomic E-state index is 0.0137. The molecule has 18 heavy (non-hydrogen) atoms. The van der Waals surface area contributed by atoms with Crippen molar-refractivity contribution in [3.63, 3.8) is 0 Å². The highest BCUT2D eigenvalue weighted by Crippen LogP contribution is 2.30. The molecule has 0 aliphatic carbocycles. The third-order valence-corrected chi connectivity index (χ3v) is 2.67. The summed E-state index contributed by atoms with van der Waals surface area (Å²) in [5.41, 5.74) is 1.64. The van der Waals surface area contributed by atoms with Gasteiger partial charge in [-0.25, -0.2) is 0 Å². The first-order valence-electron chi connectivity index (χ1n) is 5.64. The topological polar surface area (TPSA) is 79.2 Å². The quantitative estimate of drug-likeness (QED) is 0.869. The van der Waals surface area contributed by atoms with Crippen molar-refractivity contribution in [2.24, 2.45) is 0 Å². The Labute approximate surface area is 104 Å². The molecule has 1 aromatic rings. The van der Waals surface area contributed by atoms with Gasteiger partial charge < -0.3 is 10.1 Å². The number of rotatable bonds is 4. The first-order valence-corrected chi connectivity index (χ1v) is 5.64. The highest BCUT2D eigenvalue weighted by molar-refractivity contribution is 5.94. The molecule has 0 radical (unpaired) electrons. The number of fused-ring (bicyclic) bond motifs is 1. The van der Waals surface area contributed by atoms with Crippen LogP contribution in [0.4, 0.5) is 5.69 Å². The molecular formula is C13H12N2O3. The number of ether oxygens (including phenoxy) is 1.